The van der Waals surface area contributed by atoms with Crippen LogP contribution in [0.15, 0.2) is 22.3 Å². The Balaban J connectivity index is 2.50. The molecule has 0 amide bonds. The molecule has 0 spiro atoms. The molecule has 0 N–H and O–H groups in total. The van der Waals surface area contributed by atoms with E-state index in [0.29, 0.717) is 0 Å². The quantitative estimate of drug-likeness (QED) is 0.552. The van der Waals surface area contributed by atoms with E-state index in [4.69, 9.17) is 0 Å². The molecule has 0 unspecified atom stereocenters. The highest BCUT2D eigenvalue weighted by atomic mass is 32.2. The van der Waals surface area contributed by atoms with E-state index >= 15 is 0 Å². The summed E-state index contributed by atoms with van der Waals surface area (Å²) in [7, 11) is 2.06. The van der Waals surface area contributed by atoms with Crippen LogP contribution in [-0.2, 0) is 13.6 Å². The van der Waals surface area contributed by atoms with Crippen molar-refractivity contribution in [3.63, 3.8) is 0 Å². The van der Waals surface area contributed by atoms with Crippen LogP contribution < -0.4 is 0 Å². The normalized spacial score (nSPS) is 15.3. The zero-order valence-electron chi connectivity index (χ0n) is 5.74. The number of aliphatic imine (C=N–C) groups is 1. The first kappa shape index (κ1) is 6.04. The first-order valence-corrected chi connectivity index (χ1v) is 4.05. The van der Waals surface area contributed by atoms with Gasteiger partial charge in [-0.15, -0.1) is 0 Å². The second-order valence-electron chi connectivity index (χ2n) is 2.32. The van der Waals surface area contributed by atoms with Crippen LogP contribution in [0.5, 0.6) is 0 Å². The minimum atomic E-state index is 0.850. The van der Waals surface area contributed by atoms with Gasteiger partial charge in [0.2, 0.25) is 0 Å². The van der Waals surface area contributed by atoms with Crippen LogP contribution in [0.25, 0.3) is 0 Å². The summed E-state index contributed by atoms with van der Waals surface area (Å²) in [5.41, 5.74) is 3.25. The molecule has 0 aliphatic carbocycles. The molecular formula is C7H8N2S. The number of nitrogens with zero attached hydrogens (tertiary/aromatic N) is 2. The summed E-state index contributed by atoms with van der Waals surface area (Å²) in [6.07, 6.45) is 2.08. The lowest BCUT2D eigenvalue weighted by atomic mass is 10.3. The Morgan fingerprint density at radius 1 is 1.70 bits per heavy atom. The molecule has 2 nitrogen and oxygen atoms in total. The predicted octanol–water partition coefficient (Wildman–Crippen LogP) is 1.66. The van der Waals surface area contributed by atoms with Gasteiger partial charge in [0.1, 0.15) is 0 Å². The van der Waals surface area contributed by atoms with Crippen molar-refractivity contribution >= 4 is 17.3 Å². The van der Waals surface area contributed by atoms with E-state index in [1.165, 1.54) is 10.6 Å². The van der Waals surface area contributed by atoms with Crippen LogP contribution in [0.3, 0.4) is 0 Å². The first-order valence-electron chi connectivity index (χ1n) is 3.17. The summed E-state index contributed by atoms with van der Waals surface area (Å²) >= 11 is 1.69. The van der Waals surface area contributed by atoms with Gasteiger partial charge in [-0.1, -0.05) is 11.8 Å². The lowest BCUT2D eigenvalue weighted by Gasteiger charge is -2.05. The molecule has 0 atom stereocenters. The Labute approximate surface area is 64.0 Å². The van der Waals surface area contributed by atoms with Crippen LogP contribution in [0.2, 0.25) is 0 Å². The highest BCUT2D eigenvalue weighted by molar-refractivity contribution is 8.12. The Kier molecular flexibility index (Phi) is 1.31. The Bertz CT molecular complexity index is 275. The smallest absolute Gasteiger partial charge is 0.0854 e. The molecule has 0 aromatic carbocycles. The lowest BCUT2D eigenvalue weighted by Crippen LogP contribution is -1.94. The number of aryl methyl sites for hydroxylation is 1. The fourth-order valence-corrected chi connectivity index (χ4v) is 1.83. The van der Waals surface area contributed by atoms with Gasteiger partial charge >= 0.3 is 0 Å². The third-order valence-corrected chi connectivity index (χ3v) is 2.62. The average Bonchev–Trinajstić information content (AvgIpc) is 2.34. The molecule has 1 aliphatic heterocycles. The van der Waals surface area contributed by atoms with E-state index in [-0.39, 0.29) is 0 Å². The fraction of sp³-hybridized carbons (Fsp3) is 0.286. The molecule has 1 aliphatic rings. The summed E-state index contributed by atoms with van der Waals surface area (Å²) in [5, 5.41) is 1.33. The number of rotatable bonds is 0. The molecular weight excluding hydrogens is 144 g/mol. The highest BCUT2D eigenvalue weighted by Gasteiger charge is 2.08. The van der Waals surface area contributed by atoms with Crippen molar-refractivity contribution < 1.29 is 0 Å². The van der Waals surface area contributed by atoms with Crippen molar-refractivity contribution in [2.24, 2.45) is 12.0 Å². The van der Waals surface area contributed by atoms with Crippen molar-refractivity contribution in [1.29, 1.82) is 0 Å². The average molecular weight is 152 g/mol. The first-order chi connectivity index (χ1) is 4.88. The van der Waals surface area contributed by atoms with Crippen molar-refractivity contribution in [2.75, 3.05) is 0 Å². The molecule has 1 aromatic rings. The molecule has 2 rings (SSSR count). The highest BCUT2D eigenvalue weighted by Crippen LogP contribution is 2.25. The fourth-order valence-electron chi connectivity index (χ4n) is 1.07. The predicted molar refractivity (Wildman–Crippen MR) is 43.5 cm³/mol. The molecule has 0 saturated carbocycles. The maximum atomic E-state index is 4.16. The van der Waals surface area contributed by atoms with E-state index in [9.17, 15) is 0 Å². The summed E-state index contributed by atoms with van der Waals surface area (Å²) in [6, 6.07) is 2.12. The maximum Gasteiger partial charge on any atom is 0.0854 e. The summed E-state index contributed by atoms with van der Waals surface area (Å²) < 4.78 is 2.13. The van der Waals surface area contributed by atoms with Crippen LogP contribution >= 0.6 is 11.8 Å². The van der Waals surface area contributed by atoms with E-state index < -0.39 is 0 Å². The Morgan fingerprint density at radius 3 is 3.40 bits per heavy atom. The van der Waals surface area contributed by atoms with Crippen molar-refractivity contribution in [3.05, 3.63) is 17.8 Å². The molecule has 10 heavy (non-hydrogen) atoms. The van der Waals surface area contributed by atoms with Gasteiger partial charge in [0, 0.05) is 18.8 Å². The van der Waals surface area contributed by atoms with Gasteiger partial charge in [0.25, 0.3) is 0 Å². The van der Waals surface area contributed by atoms with Crippen LogP contribution in [0, 0.1) is 0 Å². The van der Waals surface area contributed by atoms with Crippen LogP contribution in [0.1, 0.15) is 5.56 Å². The number of thioether (sulfide) groups is 1. The van der Waals surface area contributed by atoms with E-state index in [2.05, 4.69) is 28.9 Å². The van der Waals surface area contributed by atoms with E-state index in [0.717, 1.165) is 6.54 Å². The maximum absolute atomic E-state index is 4.16. The molecule has 2 heterocycles. The van der Waals surface area contributed by atoms with Gasteiger partial charge in [0.15, 0.2) is 0 Å². The summed E-state index contributed by atoms with van der Waals surface area (Å²) in [4.78, 5) is 4.16. The minimum Gasteiger partial charge on any atom is -0.345 e. The SMILES string of the molecule is Cn1ccc2c1SC=NC2. The zero-order chi connectivity index (χ0) is 6.97. The summed E-state index contributed by atoms with van der Waals surface area (Å²) in [6.45, 7) is 0.850. The monoisotopic (exact) mass is 152 g/mol. The van der Waals surface area contributed by atoms with E-state index in [1.54, 1.807) is 11.8 Å². The molecule has 0 radical (unpaired) electrons. The van der Waals surface area contributed by atoms with Crippen molar-refractivity contribution in [1.82, 2.24) is 4.57 Å². The van der Waals surface area contributed by atoms with Gasteiger partial charge in [-0.05, 0) is 6.07 Å². The number of fused-ring (bicyclic) bond motifs is 1. The van der Waals surface area contributed by atoms with Crippen molar-refractivity contribution in [2.45, 2.75) is 11.6 Å². The molecule has 52 valence electrons. The zero-order valence-corrected chi connectivity index (χ0v) is 6.56. The standard InChI is InChI=1S/C7H8N2S/c1-9-3-2-6-4-8-5-10-7(6)9/h2-3,5H,4H2,1H3. The third kappa shape index (κ3) is 0.778. The lowest BCUT2D eigenvalue weighted by molar-refractivity contribution is 0.808. The molecule has 3 heteroatoms. The van der Waals surface area contributed by atoms with Crippen LogP contribution in [0.4, 0.5) is 0 Å². The summed E-state index contributed by atoms with van der Waals surface area (Å²) in [5.74, 6) is 0. The minimum absolute atomic E-state index is 0.850. The Hall–Kier alpha value is -0.700. The molecule has 1 aromatic heterocycles. The largest absolute Gasteiger partial charge is 0.345 e. The van der Waals surface area contributed by atoms with Gasteiger partial charge in [0.05, 0.1) is 17.1 Å². The van der Waals surface area contributed by atoms with Gasteiger partial charge in [-0.25, -0.2) is 0 Å². The number of hydrogen-bond acceptors (Lipinski definition) is 2. The Morgan fingerprint density at radius 2 is 2.60 bits per heavy atom. The van der Waals surface area contributed by atoms with Gasteiger partial charge < -0.3 is 4.57 Å². The second kappa shape index (κ2) is 2.16. The third-order valence-electron chi connectivity index (χ3n) is 1.59. The second-order valence-corrected chi connectivity index (χ2v) is 3.15. The van der Waals surface area contributed by atoms with Gasteiger partial charge in [-0.2, -0.15) is 0 Å². The number of aromatic nitrogens is 1. The topological polar surface area (TPSA) is 17.3 Å². The molecule has 0 bridgehead atoms. The molecule has 0 fully saturated rings. The number of hydrogen-bond donors (Lipinski definition) is 0. The van der Waals surface area contributed by atoms with Crippen LogP contribution in [-0.4, -0.2) is 10.1 Å². The molecule has 0 saturated heterocycles. The van der Waals surface area contributed by atoms with Crippen molar-refractivity contribution in [3.8, 4) is 0 Å². The van der Waals surface area contributed by atoms with Gasteiger partial charge in [-0.3, -0.25) is 4.99 Å². The van der Waals surface area contributed by atoms with E-state index in [1.807, 2.05) is 5.55 Å².